The fourth-order valence-electron chi connectivity index (χ4n) is 3.27. The van der Waals surface area contributed by atoms with Crippen molar-refractivity contribution in [2.45, 2.75) is 45.1 Å². The Morgan fingerprint density at radius 2 is 1.68 bits per heavy atom. The van der Waals surface area contributed by atoms with Crippen LogP contribution in [0.1, 0.15) is 39.0 Å². The average molecular weight is 333 g/mol. The Bertz CT molecular complexity index is 373. The first-order valence-electron chi connectivity index (χ1n) is 8.18. The molecule has 1 aliphatic carbocycles. The predicted octanol–water partition coefficient (Wildman–Crippen LogP) is 1.19. The van der Waals surface area contributed by atoms with E-state index in [0.717, 1.165) is 12.8 Å². The third-order valence-corrected chi connectivity index (χ3v) is 4.65. The van der Waals surface area contributed by atoms with Gasteiger partial charge in [-0.3, -0.25) is 4.79 Å². The summed E-state index contributed by atoms with van der Waals surface area (Å²) in [7, 11) is 0. The summed E-state index contributed by atoms with van der Waals surface area (Å²) in [6.45, 7) is 5.06. The molecule has 0 bridgehead atoms. The Labute approximate surface area is 139 Å². The summed E-state index contributed by atoms with van der Waals surface area (Å²) >= 11 is 0. The van der Waals surface area contributed by atoms with Gasteiger partial charge < -0.3 is 20.9 Å². The van der Waals surface area contributed by atoms with E-state index >= 15 is 0 Å². The zero-order valence-corrected chi connectivity index (χ0v) is 14.2. The molecule has 1 aliphatic heterocycles. The molecule has 2 fully saturated rings. The van der Waals surface area contributed by atoms with Gasteiger partial charge in [0.15, 0.2) is 0 Å². The number of rotatable bonds is 3. The number of carbonyl (C=O) groups excluding carboxylic acids is 2. The van der Waals surface area contributed by atoms with Crippen molar-refractivity contribution in [3.05, 3.63) is 0 Å². The first-order valence-corrected chi connectivity index (χ1v) is 8.18. The second-order valence-corrected chi connectivity index (χ2v) is 6.12. The minimum absolute atomic E-state index is 0. The van der Waals surface area contributed by atoms with E-state index in [1.807, 2.05) is 11.8 Å². The van der Waals surface area contributed by atoms with Gasteiger partial charge in [0.25, 0.3) is 0 Å². The van der Waals surface area contributed by atoms with Gasteiger partial charge in [-0.15, -0.1) is 12.4 Å². The summed E-state index contributed by atoms with van der Waals surface area (Å²) in [4.78, 5) is 27.8. The van der Waals surface area contributed by atoms with Crippen LogP contribution in [0.25, 0.3) is 0 Å². The molecule has 2 atom stereocenters. The second kappa shape index (κ2) is 9.20. The Balaban J connectivity index is 0.00000242. The smallest absolute Gasteiger partial charge is 0.317 e. The topological polar surface area (TPSA) is 78.7 Å². The van der Waals surface area contributed by atoms with Crippen LogP contribution in [0, 0.1) is 5.92 Å². The van der Waals surface area contributed by atoms with Gasteiger partial charge in [0.05, 0.1) is 0 Å². The zero-order chi connectivity index (χ0) is 15.2. The van der Waals surface area contributed by atoms with Crippen LogP contribution < -0.4 is 11.1 Å². The molecule has 128 valence electrons. The highest BCUT2D eigenvalue weighted by molar-refractivity contribution is 5.85. The molecular weight excluding hydrogens is 304 g/mol. The van der Waals surface area contributed by atoms with E-state index in [4.69, 9.17) is 5.73 Å². The van der Waals surface area contributed by atoms with Crippen LogP contribution in [0.2, 0.25) is 0 Å². The lowest BCUT2D eigenvalue weighted by Crippen LogP contribution is -2.53. The number of carbonyl (C=O) groups is 2. The first-order chi connectivity index (χ1) is 10.1. The molecule has 0 aromatic heterocycles. The van der Waals surface area contributed by atoms with Crippen molar-refractivity contribution in [3.8, 4) is 0 Å². The van der Waals surface area contributed by atoms with Crippen LogP contribution >= 0.6 is 12.4 Å². The summed E-state index contributed by atoms with van der Waals surface area (Å²) in [5.74, 6) is 0.542. The van der Waals surface area contributed by atoms with Gasteiger partial charge in [0.2, 0.25) is 5.91 Å². The molecular formula is C15H29ClN4O2. The van der Waals surface area contributed by atoms with Gasteiger partial charge in [0.1, 0.15) is 0 Å². The molecule has 1 heterocycles. The van der Waals surface area contributed by atoms with Crippen LogP contribution in [0.15, 0.2) is 0 Å². The Hall–Kier alpha value is -1.01. The molecule has 2 aliphatic rings. The summed E-state index contributed by atoms with van der Waals surface area (Å²) in [5, 5.41) is 2.80. The molecule has 2 rings (SSSR count). The fourth-order valence-corrected chi connectivity index (χ4v) is 3.27. The lowest BCUT2D eigenvalue weighted by molar-refractivity contribution is -0.134. The second-order valence-electron chi connectivity index (χ2n) is 6.12. The van der Waals surface area contributed by atoms with Gasteiger partial charge in [0, 0.05) is 45.2 Å². The number of nitrogens with one attached hydrogen (secondary N) is 1. The van der Waals surface area contributed by atoms with E-state index in [-0.39, 0.29) is 30.4 Å². The number of urea groups is 1. The zero-order valence-electron chi connectivity index (χ0n) is 13.4. The van der Waals surface area contributed by atoms with Gasteiger partial charge in [-0.1, -0.05) is 12.8 Å². The molecule has 3 N–H and O–H groups in total. The molecule has 7 heteroatoms. The summed E-state index contributed by atoms with van der Waals surface area (Å²) in [6.07, 6.45) is 5.07. The molecule has 1 saturated heterocycles. The van der Waals surface area contributed by atoms with E-state index in [0.29, 0.717) is 45.1 Å². The quantitative estimate of drug-likeness (QED) is 0.814. The minimum atomic E-state index is -0.0288. The minimum Gasteiger partial charge on any atom is -0.339 e. The average Bonchev–Trinajstić information content (AvgIpc) is 2.50. The van der Waals surface area contributed by atoms with Crippen LogP contribution in [0.4, 0.5) is 4.79 Å². The van der Waals surface area contributed by atoms with Gasteiger partial charge in [-0.05, 0) is 25.7 Å². The van der Waals surface area contributed by atoms with Crippen LogP contribution in [0.3, 0.4) is 0 Å². The lowest BCUT2D eigenvalue weighted by atomic mass is 9.82. The largest absolute Gasteiger partial charge is 0.339 e. The SMILES string of the molecule is CCNC(=O)N1CCN(C(=O)CC2CCCCC2N)CC1.Cl. The third-order valence-electron chi connectivity index (χ3n) is 4.65. The Morgan fingerprint density at radius 3 is 2.27 bits per heavy atom. The normalized spacial score (nSPS) is 25.4. The fraction of sp³-hybridized carbons (Fsp3) is 0.867. The van der Waals surface area contributed by atoms with E-state index in [2.05, 4.69) is 5.32 Å². The Morgan fingerprint density at radius 1 is 1.09 bits per heavy atom. The molecule has 3 amide bonds. The van der Waals surface area contributed by atoms with Crippen molar-refractivity contribution in [2.75, 3.05) is 32.7 Å². The van der Waals surface area contributed by atoms with Crippen molar-refractivity contribution in [1.82, 2.24) is 15.1 Å². The molecule has 6 nitrogen and oxygen atoms in total. The van der Waals surface area contributed by atoms with Crippen molar-refractivity contribution < 1.29 is 9.59 Å². The number of hydrogen-bond donors (Lipinski definition) is 2. The van der Waals surface area contributed by atoms with E-state index in [9.17, 15) is 9.59 Å². The van der Waals surface area contributed by atoms with Crippen LogP contribution in [-0.2, 0) is 4.79 Å². The van der Waals surface area contributed by atoms with Crippen molar-refractivity contribution >= 4 is 24.3 Å². The molecule has 1 saturated carbocycles. The number of amides is 3. The highest BCUT2D eigenvalue weighted by Crippen LogP contribution is 2.26. The molecule has 0 spiro atoms. The summed E-state index contributed by atoms with van der Waals surface area (Å²) in [5.41, 5.74) is 6.12. The van der Waals surface area contributed by atoms with Gasteiger partial charge >= 0.3 is 6.03 Å². The molecule has 0 aromatic rings. The van der Waals surface area contributed by atoms with Crippen molar-refractivity contribution in [1.29, 1.82) is 0 Å². The van der Waals surface area contributed by atoms with Gasteiger partial charge in [-0.2, -0.15) is 0 Å². The van der Waals surface area contributed by atoms with Crippen molar-refractivity contribution in [3.63, 3.8) is 0 Å². The van der Waals surface area contributed by atoms with Gasteiger partial charge in [-0.25, -0.2) is 4.79 Å². The standard InChI is InChI=1S/C15H28N4O2.ClH/c1-2-17-15(21)19-9-7-18(8-10-19)14(20)11-12-5-3-4-6-13(12)16;/h12-13H,2-11,16H2,1H3,(H,17,21);1H. The predicted molar refractivity (Wildman–Crippen MR) is 89.0 cm³/mol. The molecule has 2 unspecified atom stereocenters. The van der Waals surface area contributed by atoms with Crippen molar-refractivity contribution in [2.24, 2.45) is 11.7 Å². The number of nitrogens with two attached hydrogens (primary N) is 1. The number of piperazine rings is 1. The van der Waals surface area contributed by atoms with Crippen LogP contribution in [-0.4, -0.2) is 60.5 Å². The maximum absolute atomic E-state index is 12.4. The highest BCUT2D eigenvalue weighted by atomic mass is 35.5. The highest BCUT2D eigenvalue weighted by Gasteiger charge is 2.28. The number of hydrogen-bond acceptors (Lipinski definition) is 3. The van der Waals surface area contributed by atoms with Crippen LogP contribution in [0.5, 0.6) is 0 Å². The molecule has 22 heavy (non-hydrogen) atoms. The summed E-state index contributed by atoms with van der Waals surface area (Å²) in [6, 6.07) is 0.151. The first kappa shape index (κ1) is 19.0. The maximum Gasteiger partial charge on any atom is 0.317 e. The Kier molecular flexibility index (Phi) is 7.96. The molecule has 0 radical (unpaired) electrons. The lowest BCUT2D eigenvalue weighted by Gasteiger charge is -2.36. The van der Waals surface area contributed by atoms with E-state index in [1.54, 1.807) is 4.90 Å². The number of halogens is 1. The van der Waals surface area contributed by atoms with E-state index in [1.165, 1.54) is 12.8 Å². The molecule has 0 aromatic carbocycles. The monoisotopic (exact) mass is 332 g/mol. The third kappa shape index (κ3) is 5.02. The van der Waals surface area contributed by atoms with E-state index < -0.39 is 0 Å². The maximum atomic E-state index is 12.4. The number of nitrogens with zero attached hydrogens (tertiary/aromatic N) is 2. The summed E-state index contributed by atoms with van der Waals surface area (Å²) < 4.78 is 0.